The maximum atomic E-state index is 11.8. The summed E-state index contributed by atoms with van der Waals surface area (Å²) in [5.41, 5.74) is -4.22. The van der Waals surface area contributed by atoms with Gasteiger partial charge in [0, 0.05) is 12.3 Å². The summed E-state index contributed by atoms with van der Waals surface area (Å²) < 4.78 is 35.5. The molecule has 0 saturated carbocycles. The second-order valence-corrected chi connectivity index (χ2v) is 4.55. The smallest absolute Gasteiger partial charge is 0.325 e. The molecule has 0 radical (unpaired) electrons. The first kappa shape index (κ1) is 12.6. The van der Waals surface area contributed by atoms with Crippen LogP contribution in [-0.4, -0.2) is 40.8 Å². The molecule has 1 rings (SSSR count). The van der Waals surface area contributed by atoms with Crippen LogP contribution in [0.1, 0.15) is 13.8 Å². The maximum Gasteiger partial charge on any atom is 0.441 e. The Morgan fingerprint density at radius 2 is 2.07 bits per heavy atom. The number of carbonyl (C=O) groups excluding carboxylic acids is 1. The SMILES string of the molecule is CC1NC(C)N(CCSC(F)(F)F)C1=O. The number of nitrogens with zero attached hydrogens (tertiary/aromatic N) is 1. The zero-order valence-electron chi connectivity index (χ0n) is 8.47. The number of nitrogens with one attached hydrogen (secondary N) is 1. The van der Waals surface area contributed by atoms with Crippen LogP contribution in [0.4, 0.5) is 13.2 Å². The molecule has 1 saturated heterocycles. The fraction of sp³-hybridized carbons (Fsp3) is 0.875. The zero-order chi connectivity index (χ0) is 11.6. The van der Waals surface area contributed by atoms with E-state index >= 15 is 0 Å². The van der Waals surface area contributed by atoms with E-state index in [1.54, 1.807) is 13.8 Å². The lowest BCUT2D eigenvalue weighted by atomic mass is 10.3. The molecule has 2 unspecified atom stereocenters. The first-order chi connectivity index (χ1) is 6.81. The first-order valence-corrected chi connectivity index (χ1v) is 5.57. The molecule has 1 aliphatic heterocycles. The van der Waals surface area contributed by atoms with Gasteiger partial charge < -0.3 is 4.90 Å². The summed E-state index contributed by atoms with van der Waals surface area (Å²) in [4.78, 5) is 12.9. The number of hydrogen-bond donors (Lipinski definition) is 1. The van der Waals surface area contributed by atoms with E-state index in [0.717, 1.165) is 0 Å². The van der Waals surface area contributed by atoms with E-state index in [9.17, 15) is 18.0 Å². The molecule has 1 fully saturated rings. The average molecular weight is 242 g/mol. The van der Waals surface area contributed by atoms with E-state index in [4.69, 9.17) is 0 Å². The minimum atomic E-state index is -4.22. The largest absolute Gasteiger partial charge is 0.441 e. The second kappa shape index (κ2) is 4.61. The third-order valence-electron chi connectivity index (χ3n) is 2.21. The van der Waals surface area contributed by atoms with Gasteiger partial charge in [-0.25, -0.2) is 0 Å². The van der Waals surface area contributed by atoms with E-state index < -0.39 is 5.51 Å². The van der Waals surface area contributed by atoms with E-state index in [-0.39, 0.29) is 42.2 Å². The predicted octanol–water partition coefficient (Wildman–Crippen LogP) is 1.41. The standard InChI is InChI=1S/C8H13F3N2OS/c1-5-7(14)13(6(2)12-5)3-4-15-8(9,10)11/h5-6,12H,3-4H2,1-2H3. The molecular formula is C8H13F3N2OS. The Hall–Kier alpha value is -0.430. The van der Waals surface area contributed by atoms with Crippen molar-refractivity contribution in [1.82, 2.24) is 10.2 Å². The van der Waals surface area contributed by atoms with E-state index in [1.807, 2.05) is 0 Å². The highest BCUT2D eigenvalue weighted by Crippen LogP contribution is 2.30. The monoisotopic (exact) mass is 242 g/mol. The van der Waals surface area contributed by atoms with E-state index in [0.29, 0.717) is 0 Å². The minimum Gasteiger partial charge on any atom is -0.325 e. The summed E-state index contributed by atoms with van der Waals surface area (Å²) in [7, 11) is 0. The molecule has 0 spiro atoms. The number of amides is 1. The molecule has 1 aliphatic rings. The molecule has 0 aliphatic carbocycles. The summed E-state index contributed by atoms with van der Waals surface area (Å²) in [6, 6.07) is -0.295. The molecule has 3 nitrogen and oxygen atoms in total. The third kappa shape index (κ3) is 3.57. The quantitative estimate of drug-likeness (QED) is 0.812. The maximum absolute atomic E-state index is 11.8. The third-order valence-corrected chi connectivity index (χ3v) is 2.92. The Bertz CT molecular complexity index is 247. The van der Waals surface area contributed by atoms with Crippen molar-refractivity contribution in [3.8, 4) is 0 Å². The number of alkyl halides is 3. The fourth-order valence-corrected chi connectivity index (χ4v) is 2.05. The van der Waals surface area contributed by atoms with Crippen molar-refractivity contribution in [2.75, 3.05) is 12.3 Å². The lowest BCUT2D eigenvalue weighted by molar-refractivity contribution is -0.129. The highest BCUT2D eigenvalue weighted by molar-refractivity contribution is 8.00. The van der Waals surface area contributed by atoms with Gasteiger partial charge in [0.1, 0.15) is 0 Å². The molecule has 0 aromatic carbocycles. The van der Waals surface area contributed by atoms with Gasteiger partial charge in [-0.2, -0.15) is 13.2 Å². The second-order valence-electron chi connectivity index (χ2n) is 3.39. The van der Waals surface area contributed by atoms with Gasteiger partial charge in [-0.15, -0.1) is 0 Å². The molecule has 0 aromatic heterocycles. The lowest BCUT2D eigenvalue weighted by Crippen LogP contribution is -2.36. The van der Waals surface area contributed by atoms with Gasteiger partial charge in [-0.1, -0.05) is 0 Å². The van der Waals surface area contributed by atoms with Crippen LogP contribution in [0, 0.1) is 0 Å². The van der Waals surface area contributed by atoms with Crippen molar-refractivity contribution in [3.63, 3.8) is 0 Å². The summed E-state index contributed by atoms with van der Waals surface area (Å²) in [5.74, 6) is -0.251. The van der Waals surface area contributed by atoms with Crippen LogP contribution < -0.4 is 5.32 Å². The molecule has 15 heavy (non-hydrogen) atoms. The van der Waals surface area contributed by atoms with Gasteiger partial charge in [0.15, 0.2) is 0 Å². The van der Waals surface area contributed by atoms with Crippen molar-refractivity contribution in [1.29, 1.82) is 0 Å². The Labute approximate surface area is 90.4 Å². The van der Waals surface area contributed by atoms with Crippen LogP contribution in [0.15, 0.2) is 0 Å². The van der Waals surface area contributed by atoms with Crippen molar-refractivity contribution in [2.24, 2.45) is 0 Å². The first-order valence-electron chi connectivity index (χ1n) is 4.58. The number of halogens is 3. The molecule has 1 amide bonds. The van der Waals surface area contributed by atoms with Crippen molar-refractivity contribution in [3.05, 3.63) is 0 Å². The topological polar surface area (TPSA) is 32.3 Å². The molecule has 0 aromatic rings. The van der Waals surface area contributed by atoms with Crippen molar-refractivity contribution < 1.29 is 18.0 Å². The average Bonchev–Trinajstić information content (AvgIpc) is 2.29. The van der Waals surface area contributed by atoms with Gasteiger partial charge in [0.25, 0.3) is 0 Å². The molecule has 88 valence electrons. The number of thioether (sulfide) groups is 1. The van der Waals surface area contributed by atoms with Gasteiger partial charge >= 0.3 is 5.51 Å². The van der Waals surface area contributed by atoms with Crippen molar-refractivity contribution in [2.45, 2.75) is 31.6 Å². The van der Waals surface area contributed by atoms with Gasteiger partial charge in [-0.05, 0) is 25.6 Å². The highest BCUT2D eigenvalue weighted by Gasteiger charge is 2.34. The van der Waals surface area contributed by atoms with Gasteiger partial charge in [0.05, 0.1) is 12.2 Å². The number of hydrogen-bond acceptors (Lipinski definition) is 3. The molecule has 1 N–H and O–H groups in total. The Morgan fingerprint density at radius 3 is 2.47 bits per heavy atom. The fourth-order valence-electron chi connectivity index (χ4n) is 1.53. The molecule has 2 atom stereocenters. The van der Waals surface area contributed by atoms with Gasteiger partial charge in [0.2, 0.25) is 5.91 Å². The molecule has 0 bridgehead atoms. The summed E-state index contributed by atoms with van der Waals surface area (Å²) in [6.45, 7) is 3.59. The predicted molar refractivity (Wildman–Crippen MR) is 52.3 cm³/mol. The summed E-state index contributed by atoms with van der Waals surface area (Å²) in [6.07, 6.45) is -0.179. The highest BCUT2D eigenvalue weighted by atomic mass is 32.2. The summed E-state index contributed by atoms with van der Waals surface area (Å²) >= 11 is -0.0959. The van der Waals surface area contributed by atoms with Crippen LogP contribution >= 0.6 is 11.8 Å². The Kier molecular flexibility index (Phi) is 3.88. The minimum absolute atomic E-state index is 0.0959. The molecule has 7 heteroatoms. The van der Waals surface area contributed by atoms with Crippen LogP contribution in [0.25, 0.3) is 0 Å². The molecular weight excluding hydrogens is 229 g/mol. The van der Waals surface area contributed by atoms with Crippen LogP contribution in [0.2, 0.25) is 0 Å². The Morgan fingerprint density at radius 1 is 1.47 bits per heavy atom. The van der Waals surface area contributed by atoms with Gasteiger partial charge in [-0.3, -0.25) is 10.1 Å². The number of carbonyl (C=O) groups is 1. The van der Waals surface area contributed by atoms with Crippen LogP contribution in [-0.2, 0) is 4.79 Å². The Balaban J connectivity index is 2.36. The molecule has 1 heterocycles. The lowest BCUT2D eigenvalue weighted by Gasteiger charge is -2.20. The van der Waals surface area contributed by atoms with E-state index in [2.05, 4.69) is 5.32 Å². The normalized spacial score (nSPS) is 27.5. The van der Waals surface area contributed by atoms with Crippen LogP contribution in [0.3, 0.4) is 0 Å². The number of rotatable bonds is 3. The van der Waals surface area contributed by atoms with Crippen LogP contribution in [0.5, 0.6) is 0 Å². The zero-order valence-corrected chi connectivity index (χ0v) is 9.28. The van der Waals surface area contributed by atoms with Crippen molar-refractivity contribution >= 4 is 17.7 Å². The van der Waals surface area contributed by atoms with E-state index in [1.165, 1.54) is 4.90 Å². The summed E-state index contributed by atoms with van der Waals surface area (Å²) in [5, 5.41) is 2.95.